The maximum atomic E-state index is 12.4. The molecular weight excluding hydrogens is 887 g/mol. The quantitative estimate of drug-likeness (QED) is 0.0320. The lowest BCUT2D eigenvalue weighted by atomic mass is 10.0. The first-order valence-corrected chi connectivity index (χ1v) is 31.9. The summed E-state index contributed by atoms with van der Waals surface area (Å²) in [5, 5.41) is 23.2. The van der Waals surface area contributed by atoms with Gasteiger partial charge in [0.2, 0.25) is 5.91 Å². The highest BCUT2D eigenvalue weighted by atomic mass is 16.5. The summed E-state index contributed by atoms with van der Waals surface area (Å²) in [6.07, 6.45) is 78.6. The molecule has 0 rings (SSSR count). The van der Waals surface area contributed by atoms with Gasteiger partial charge in [0.1, 0.15) is 0 Å². The van der Waals surface area contributed by atoms with Crippen molar-refractivity contribution < 1.29 is 24.5 Å². The van der Waals surface area contributed by atoms with E-state index in [2.05, 4.69) is 67.8 Å². The Morgan fingerprint density at radius 2 is 0.708 bits per heavy atom. The largest absolute Gasteiger partial charge is 0.466 e. The van der Waals surface area contributed by atoms with Crippen LogP contribution in [0.3, 0.4) is 0 Å². The number of carbonyl (C=O) groups is 2. The van der Waals surface area contributed by atoms with Crippen molar-refractivity contribution in [2.75, 3.05) is 13.2 Å². The van der Waals surface area contributed by atoms with Gasteiger partial charge in [-0.05, 0) is 83.5 Å². The van der Waals surface area contributed by atoms with Crippen LogP contribution in [0.15, 0.2) is 48.6 Å². The molecule has 0 aromatic carbocycles. The van der Waals surface area contributed by atoms with Crippen molar-refractivity contribution in [1.29, 1.82) is 0 Å². The zero-order valence-corrected chi connectivity index (χ0v) is 48.2. The number of hydrogen-bond donors (Lipinski definition) is 3. The third-order valence-electron chi connectivity index (χ3n) is 14.6. The lowest BCUT2D eigenvalue weighted by molar-refractivity contribution is -0.143. The molecule has 0 fully saturated rings. The van der Waals surface area contributed by atoms with Crippen LogP contribution in [0.25, 0.3) is 0 Å². The van der Waals surface area contributed by atoms with Crippen LogP contribution in [0.5, 0.6) is 0 Å². The third kappa shape index (κ3) is 57.1. The SMILES string of the molecule is CCCC/C=C\C/C=C\CCCCCCCC(=O)OCCCCCCCCCCC/C=C\C/C=C\CCCCCCCCCCCCCCCCCC(=O)NC(CO)C(O)CCCCCCCCCCCC. The summed E-state index contributed by atoms with van der Waals surface area (Å²) < 4.78 is 5.47. The minimum absolute atomic E-state index is 0.00186. The van der Waals surface area contributed by atoms with Gasteiger partial charge in [-0.1, -0.05) is 287 Å². The highest BCUT2D eigenvalue weighted by Crippen LogP contribution is 2.17. The summed E-state index contributed by atoms with van der Waals surface area (Å²) in [6.45, 7) is 4.90. The normalized spacial score (nSPS) is 12.9. The number of aliphatic hydroxyl groups excluding tert-OH is 2. The minimum atomic E-state index is -0.662. The number of nitrogens with one attached hydrogen (secondary N) is 1. The summed E-state index contributed by atoms with van der Waals surface area (Å²) in [4.78, 5) is 24.5. The topological polar surface area (TPSA) is 95.9 Å². The maximum absolute atomic E-state index is 12.4. The molecule has 6 heteroatoms. The Bertz CT molecular complexity index is 1210. The predicted octanol–water partition coefficient (Wildman–Crippen LogP) is 20.1. The second-order valence-electron chi connectivity index (χ2n) is 21.7. The van der Waals surface area contributed by atoms with Crippen molar-refractivity contribution in [3.8, 4) is 0 Å². The number of esters is 1. The molecule has 0 aliphatic rings. The van der Waals surface area contributed by atoms with E-state index in [1.165, 1.54) is 244 Å². The number of amides is 1. The average Bonchev–Trinajstić information content (AvgIpc) is 3.38. The molecule has 0 spiro atoms. The molecule has 0 saturated heterocycles. The fourth-order valence-corrected chi connectivity index (χ4v) is 9.69. The molecule has 6 nitrogen and oxygen atoms in total. The fraction of sp³-hybridized carbons (Fsp3) is 0.848. The average molecular weight is 1010 g/mol. The van der Waals surface area contributed by atoms with E-state index < -0.39 is 12.1 Å². The van der Waals surface area contributed by atoms with Gasteiger partial charge < -0.3 is 20.3 Å². The van der Waals surface area contributed by atoms with E-state index in [4.69, 9.17) is 4.74 Å². The van der Waals surface area contributed by atoms with Crippen molar-refractivity contribution >= 4 is 11.9 Å². The fourth-order valence-electron chi connectivity index (χ4n) is 9.69. The van der Waals surface area contributed by atoms with Gasteiger partial charge in [0, 0.05) is 12.8 Å². The number of aliphatic hydroxyl groups is 2. The van der Waals surface area contributed by atoms with Crippen molar-refractivity contribution in [2.24, 2.45) is 0 Å². The second-order valence-corrected chi connectivity index (χ2v) is 21.7. The summed E-state index contributed by atoms with van der Waals surface area (Å²) in [6, 6.07) is -0.540. The van der Waals surface area contributed by atoms with Crippen LogP contribution in [0.1, 0.15) is 335 Å². The molecule has 0 bridgehead atoms. The smallest absolute Gasteiger partial charge is 0.305 e. The minimum Gasteiger partial charge on any atom is -0.466 e. The van der Waals surface area contributed by atoms with E-state index in [1.807, 2.05) is 0 Å². The Balaban J connectivity index is 3.38. The van der Waals surface area contributed by atoms with Gasteiger partial charge in [0.05, 0.1) is 25.4 Å². The van der Waals surface area contributed by atoms with Gasteiger partial charge in [-0.15, -0.1) is 0 Å². The Hall–Kier alpha value is -2.18. The molecule has 0 radical (unpaired) electrons. The molecule has 2 unspecified atom stereocenters. The van der Waals surface area contributed by atoms with Crippen molar-refractivity contribution in [1.82, 2.24) is 5.32 Å². The Morgan fingerprint density at radius 3 is 1.10 bits per heavy atom. The van der Waals surface area contributed by atoms with Crippen LogP contribution in [0.4, 0.5) is 0 Å². The molecule has 0 aliphatic carbocycles. The van der Waals surface area contributed by atoms with Crippen LogP contribution in [0, 0.1) is 0 Å². The van der Waals surface area contributed by atoms with E-state index in [0.29, 0.717) is 25.9 Å². The molecular formula is C66H123NO5. The highest BCUT2D eigenvalue weighted by molar-refractivity contribution is 5.76. The van der Waals surface area contributed by atoms with E-state index in [-0.39, 0.29) is 18.5 Å². The molecule has 2 atom stereocenters. The van der Waals surface area contributed by atoms with Gasteiger partial charge in [-0.3, -0.25) is 9.59 Å². The van der Waals surface area contributed by atoms with E-state index >= 15 is 0 Å². The van der Waals surface area contributed by atoms with Gasteiger partial charge in [0.15, 0.2) is 0 Å². The molecule has 1 amide bonds. The van der Waals surface area contributed by atoms with Crippen LogP contribution < -0.4 is 5.32 Å². The number of hydrogen-bond acceptors (Lipinski definition) is 5. The Kier molecular flexibility index (Phi) is 59.5. The second kappa shape index (κ2) is 61.4. The standard InChI is InChI=1S/C66H123NO5/c1-3-5-7-9-11-13-15-16-37-40-44-48-52-56-60-66(71)72-61-57-53-49-45-41-38-35-33-31-29-27-25-23-21-19-17-18-20-22-24-26-28-30-32-34-36-39-43-47-51-55-59-65(70)67-63(62-68)64(69)58-54-50-46-42-14-12-10-8-6-4-2/h9,11,15-16,19,21,25,27,63-64,68-69H,3-8,10,12-14,17-18,20,22-24,26,28-62H2,1-2H3,(H,67,70)/b11-9-,16-15-,21-19-,27-25-. The van der Waals surface area contributed by atoms with E-state index in [0.717, 1.165) is 57.8 Å². The predicted molar refractivity (Wildman–Crippen MR) is 315 cm³/mol. The molecule has 0 aromatic rings. The summed E-state index contributed by atoms with van der Waals surface area (Å²) in [5.41, 5.74) is 0. The van der Waals surface area contributed by atoms with E-state index in [1.54, 1.807) is 0 Å². The molecule has 422 valence electrons. The molecule has 72 heavy (non-hydrogen) atoms. The van der Waals surface area contributed by atoms with Crippen molar-refractivity contribution in [3.05, 3.63) is 48.6 Å². The lowest BCUT2D eigenvalue weighted by Gasteiger charge is -2.22. The first-order valence-electron chi connectivity index (χ1n) is 31.9. The molecule has 3 N–H and O–H groups in total. The van der Waals surface area contributed by atoms with Gasteiger partial charge >= 0.3 is 5.97 Å². The number of allylic oxidation sites excluding steroid dienone is 8. The first-order chi connectivity index (χ1) is 35.5. The van der Waals surface area contributed by atoms with Gasteiger partial charge in [-0.2, -0.15) is 0 Å². The maximum Gasteiger partial charge on any atom is 0.305 e. The third-order valence-corrected chi connectivity index (χ3v) is 14.6. The van der Waals surface area contributed by atoms with Crippen LogP contribution in [0.2, 0.25) is 0 Å². The number of ether oxygens (including phenoxy) is 1. The Labute approximate surface area is 448 Å². The van der Waals surface area contributed by atoms with E-state index in [9.17, 15) is 19.8 Å². The summed E-state index contributed by atoms with van der Waals surface area (Å²) in [5.74, 6) is -0.0375. The lowest BCUT2D eigenvalue weighted by Crippen LogP contribution is -2.45. The molecule has 0 saturated carbocycles. The van der Waals surface area contributed by atoms with Crippen molar-refractivity contribution in [2.45, 2.75) is 347 Å². The number of unbranched alkanes of at least 4 members (excludes halogenated alkanes) is 40. The molecule has 0 aliphatic heterocycles. The highest BCUT2D eigenvalue weighted by Gasteiger charge is 2.20. The van der Waals surface area contributed by atoms with Gasteiger partial charge in [0.25, 0.3) is 0 Å². The Morgan fingerprint density at radius 1 is 0.389 bits per heavy atom. The summed E-state index contributed by atoms with van der Waals surface area (Å²) >= 11 is 0. The number of rotatable bonds is 59. The molecule has 0 aromatic heterocycles. The van der Waals surface area contributed by atoms with Crippen LogP contribution in [-0.4, -0.2) is 47.4 Å². The van der Waals surface area contributed by atoms with Crippen LogP contribution in [-0.2, 0) is 14.3 Å². The monoisotopic (exact) mass is 1010 g/mol. The molecule has 0 heterocycles. The zero-order chi connectivity index (χ0) is 52.2. The van der Waals surface area contributed by atoms with Crippen molar-refractivity contribution in [3.63, 3.8) is 0 Å². The number of carbonyl (C=O) groups excluding carboxylic acids is 2. The van der Waals surface area contributed by atoms with Gasteiger partial charge in [-0.25, -0.2) is 0 Å². The van der Waals surface area contributed by atoms with Crippen LogP contribution >= 0.6 is 0 Å². The first kappa shape index (κ1) is 69.8. The zero-order valence-electron chi connectivity index (χ0n) is 48.2. The summed E-state index contributed by atoms with van der Waals surface area (Å²) in [7, 11) is 0.